The van der Waals surface area contributed by atoms with Crippen LogP contribution in [-0.2, 0) is 18.6 Å². The molecule has 0 saturated carbocycles. The van der Waals surface area contributed by atoms with Gasteiger partial charge in [0.15, 0.2) is 0 Å². The van der Waals surface area contributed by atoms with E-state index in [-0.39, 0.29) is 4.75 Å². The number of aromatic nitrogens is 2. The summed E-state index contributed by atoms with van der Waals surface area (Å²) in [5.74, 6) is 1.73. The van der Waals surface area contributed by atoms with E-state index >= 15 is 0 Å². The van der Waals surface area contributed by atoms with Crippen LogP contribution in [0.2, 0.25) is 5.15 Å². The molecule has 1 heterocycles. The van der Waals surface area contributed by atoms with Gasteiger partial charge in [-0.05, 0) is 25.7 Å². The van der Waals surface area contributed by atoms with Crippen LogP contribution in [0.3, 0.4) is 0 Å². The molecule has 0 fully saturated rings. The van der Waals surface area contributed by atoms with E-state index in [0.29, 0.717) is 5.15 Å². The Morgan fingerprint density at radius 2 is 1.83 bits per heavy atom. The molecule has 100 valence electrons. The van der Waals surface area contributed by atoms with Gasteiger partial charge in [-0.1, -0.05) is 38.8 Å². The van der Waals surface area contributed by atoms with Gasteiger partial charge < -0.3 is 0 Å². The summed E-state index contributed by atoms with van der Waals surface area (Å²) in [7, 11) is 0. The van der Waals surface area contributed by atoms with Gasteiger partial charge in [-0.2, -0.15) is 0 Å². The molecule has 18 heavy (non-hydrogen) atoms. The quantitative estimate of drug-likeness (QED) is 0.593. The predicted molar refractivity (Wildman–Crippen MR) is 79.3 cm³/mol. The number of hydrogen-bond donors (Lipinski definition) is 0. The Kier molecular flexibility index (Phi) is 4.54. The molecule has 0 bridgehead atoms. The van der Waals surface area contributed by atoms with Gasteiger partial charge in [0.2, 0.25) is 0 Å². The summed E-state index contributed by atoms with van der Waals surface area (Å²) >= 11 is 8.18. The molecule has 2 rings (SSSR count). The van der Waals surface area contributed by atoms with Crippen molar-refractivity contribution in [3.05, 3.63) is 22.2 Å². The van der Waals surface area contributed by atoms with Crippen LogP contribution in [-0.4, -0.2) is 14.7 Å². The van der Waals surface area contributed by atoms with Crippen molar-refractivity contribution < 1.29 is 0 Å². The molecule has 0 N–H and O–H groups in total. The molecule has 0 unspecified atom stereocenters. The fraction of sp³-hybridized carbons (Fsp3) is 0.714. The second-order valence-electron chi connectivity index (χ2n) is 5.82. The molecular formula is C14H21ClN2S. The van der Waals surface area contributed by atoms with Gasteiger partial charge >= 0.3 is 0 Å². The summed E-state index contributed by atoms with van der Waals surface area (Å²) in [6.07, 6.45) is 5.82. The van der Waals surface area contributed by atoms with E-state index in [9.17, 15) is 0 Å². The lowest BCUT2D eigenvalue weighted by atomic mass is 10.1. The second kappa shape index (κ2) is 5.79. The molecule has 1 aliphatic carbocycles. The van der Waals surface area contributed by atoms with Crippen molar-refractivity contribution in [3.8, 4) is 0 Å². The average molecular weight is 285 g/mol. The summed E-state index contributed by atoms with van der Waals surface area (Å²) in [6, 6.07) is 0. The molecule has 1 aromatic heterocycles. The molecule has 0 saturated heterocycles. The van der Waals surface area contributed by atoms with Gasteiger partial charge in [-0.15, -0.1) is 11.8 Å². The monoisotopic (exact) mass is 284 g/mol. The first-order chi connectivity index (χ1) is 8.46. The largest absolute Gasteiger partial charge is 0.237 e. The number of hydrogen-bond acceptors (Lipinski definition) is 3. The van der Waals surface area contributed by atoms with Gasteiger partial charge in [0.25, 0.3) is 0 Å². The van der Waals surface area contributed by atoms with Crippen LogP contribution in [0.1, 0.15) is 57.1 Å². The van der Waals surface area contributed by atoms with Crippen LogP contribution < -0.4 is 0 Å². The van der Waals surface area contributed by atoms with Gasteiger partial charge in [0.05, 0.1) is 5.75 Å². The first-order valence-corrected chi connectivity index (χ1v) is 8.00. The van der Waals surface area contributed by atoms with E-state index in [0.717, 1.165) is 24.4 Å². The van der Waals surface area contributed by atoms with Crippen LogP contribution in [0.4, 0.5) is 0 Å². The number of aryl methyl sites for hydroxylation is 1. The highest BCUT2D eigenvalue weighted by Crippen LogP contribution is 2.29. The fourth-order valence-electron chi connectivity index (χ4n) is 2.12. The molecule has 1 aromatic rings. The zero-order chi connectivity index (χ0) is 13.2. The number of rotatable bonds is 2. The fourth-order valence-corrected chi connectivity index (χ4v) is 3.11. The standard InChI is InChI=1S/C14H21ClN2S/c1-14(2,3)18-9-12-16-11-8-6-4-5-7-10(11)13(15)17-12/h4-9H2,1-3H3. The Morgan fingerprint density at radius 1 is 1.11 bits per heavy atom. The first kappa shape index (κ1) is 14.1. The Balaban J connectivity index is 2.18. The molecule has 4 heteroatoms. The zero-order valence-electron chi connectivity index (χ0n) is 11.4. The van der Waals surface area contributed by atoms with Crippen LogP contribution in [0.15, 0.2) is 0 Å². The topological polar surface area (TPSA) is 25.8 Å². The number of nitrogens with zero attached hydrogens (tertiary/aromatic N) is 2. The smallest absolute Gasteiger partial charge is 0.140 e. The minimum absolute atomic E-state index is 0.239. The molecule has 1 aliphatic rings. The Morgan fingerprint density at radius 3 is 2.56 bits per heavy atom. The normalized spacial score (nSPS) is 16.2. The number of fused-ring (bicyclic) bond motifs is 1. The van der Waals surface area contributed by atoms with Gasteiger partial charge in [0, 0.05) is 16.0 Å². The molecule has 0 aromatic carbocycles. The molecule has 0 aliphatic heterocycles. The Labute approximate surface area is 119 Å². The van der Waals surface area contributed by atoms with Crippen LogP contribution in [0.25, 0.3) is 0 Å². The van der Waals surface area contributed by atoms with E-state index in [1.807, 2.05) is 11.8 Å². The van der Waals surface area contributed by atoms with E-state index in [4.69, 9.17) is 16.6 Å². The third-order valence-electron chi connectivity index (χ3n) is 3.06. The maximum absolute atomic E-state index is 6.31. The highest BCUT2D eigenvalue weighted by molar-refractivity contribution is 7.99. The number of halogens is 1. The molecule has 0 radical (unpaired) electrons. The van der Waals surface area contributed by atoms with Gasteiger partial charge in [-0.3, -0.25) is 0 Å². The zero-order valence-corrected chi connectivity index (χ0v) is 13.0. The summed E-state index contributed by atoms with van der Waals surface area (Å²) < 4.78 is 0.239. The SMILES string of the molecule is CC(C)(C)SCc1nc(Cl)c2c(n1)CCCCC2. The van der Waals surface area contributed by atoms with Crippen molar-refractivity contribution in [1.29, 1.82) is 0 Å². The van der Waals surface area contributed by atoms with Crippen LogP contribution in [0, 0.1) is 0 Å². The van der Waals surface area contributed by atoms with E-state index < -0.39 is 0 Å². The van der Waals surface area contributed by atoms with Gasteiger partial charge in [-0.25, -0.2) is 9.97 Å². The highest BCUT2D eigenvalue weighted by atomic mass is 35.5. The van der Waals surface area contributed by atoms with E-state index in [2.05, 4.69) is 25.8 Å². The minimum atomic E-state index is 0.239. The molecule has 0 spiro atoms. The minimum Gasteiger partial charge on any atom is -0.237 e. The molecule has 2 nitrogen and oxygen atoms in total. The van der Waals surface area contributed by atoms with Crippen molar-refractivity contribution in [1.82, 2.24) is 9.97 Å². The summed E-state index contributed by atoms with van der Waals surface area (Å²) in [6.45, 7) is 6.63. The van der Waals surface area contributed by atoms with Crippen molar-refractivity contribution in [2.45, 2.75) is 63.4 Å². The van der Waals surface area contributed by atoms with Crippen molar-refractivity contribution in [3.63, 3.8) is 0 Å². The lowest BCUT2D eigenvalue weighted by Crippen LogP contribution is -2.10. The number of thioether (sulfide) groups is 1. The summed E-state index contributed by atoms with van der Waals surface area (Å²) in [5, 5.41) is 0.686. The summed E-state index contributed by atoms with van der Waals surface area (Å²) in [4.78, 5) is 9.19. The Bertz CT molecular complexity index is 427. The lowest BCUT2D eigenvalue weighted by Gasteiger charge is -2.17. The second-order valence-corrected chi connectivity index (χ2v) is 7.98. The predicted octanol–water partition coefficient (Wildman–Crippen LogP) is 4.43. The van der Waals surface area contributed by atoms with E-state index in [1.54, 1.807) is 0 Å². The summed E-state index contributed by atoms with van der Waals surface area (Å²) in [5.41, 5.74) is 2.38. The van der Waals surface area contributed by atoms with Crippen molar-refractivity contribution in [2.24, 2.45) is 0 Å². The highest BCUT2D eigenvalue weighted by Gasteiger charge is 2.17. The van der Waals surface area contributed by atoms with Crippen molar-refractivity contribution in [2.75, 3.05) is 0 Å². The lowest BCUT2D eigenvalue weighted by molar-refractivity contribution is 0.708. The van der Waals surface area contributed by atoms with E-state index in [1.165, 1.54) is 30.5 Å². The van der Waals surface area contributed by atoms with Crippen LogP contribution in [0.5, 0.6) is 0 Å². The van der Waals surface area contributed by atoms with Crippen molar-refractivity contribution >= 4 is 23.4 Å². The molecular weight excluding hydrogens is 264 g/mol. The maximum Gasteiger partial charge on any atom is 0.140 e. The third kappa shape index (κ3) is 3.86. The molecule has 0 amide bonds. The maximum atomic E-state index is 6.31. The molecule has 0 atom stereocenters. The Hall–Kier alpha value is -0.280. The van der Waals surface area contributed by atoms with Gasteiger partial charge in [0.1, 0.15) is 11.0 Å². The third-order valence-corrected chi connectivity index (χ3v) is 4.64. The van der Waals surface area contributed by atoms with Crippen LogP contribution >= 0.6 is 23.4 Å². The first-order valence-electron chi connectivity index (χ1n) is 6.64. The average Bonchev–Trinajstić information content (AvgIpc) is 2.51.